The molecule has 0 aromatic heterocycles. The van der Waals surface area contributed by atoms with Gasteiger partial charge in [-0.1, -0.05) is 23.7 Å². The van der Waals surface area contributed by atoms with E-state index in [4.69, 9.17) is 16.3 Å². The van der Waals surface area contributed by atoms with Crippen molar-refractivity contribution in [2.24, 2.45) is 5.92 Å². The summed E-state index contributed by atoms with van der Waals surface area (Å²) in [5, 5.41) is 15.3. The molecule has 1 aromatic rings. The standard InChI is InChI=1S/C18H23ClN2O5/c1-11(22)20-15(12-4-6-14(19)7-5-12)9-16(23)21-17(18(24)25)13-3-2-8-26-10-13/h4-7,13,15,17H,2-3,8-10H2,1H3,(H,20,22)(H,21,23)(H,24,25). The molecule has 1 aliphatic rings. The third-order valence-corrected chi connectivity index (χ3v) is 4.54. The van der Waals surface area contributed by atoms with Crippen LogP contribution in [0.25, 0.3) is 0 Å². The van der Waals surface area contributed by atoms with Gasteiger partial charge < -0.3 is 20.5 Å². The number of nitrogens with one attached hydrogen (secondary N) is 2. The topological polar surface area (TPSA) is 105 Å². The summed E-state index contributed by atoms with van der Waals surface area (Å²) in [4.78, 5) is 35.5. The van der Waals surface area contributed by atoms with Gasteiger partial charge in [-0.25, -0.2) is 4.79 Å². The summed E-state index contributed by atoms with van der Waals surface area (Å²) in [5.74, 6) is -2.08. The molecule has 3 unspecified atom stereocenters. The van der Waals surface area contributed by atoms with E-state index in [9.17, 15) is 19.5 Å². The summed E-state index contributed by atoms with van der Waals surface area (Å²) < 4.78 is 5.32. The Hall–Kier alpha value is -2.12. The van der Waals surface area contributed by atoms with Crippen LogP contribution in [0.5, 0.6) is 0 Å². The van der Waals surface area contributed by atoms with E-state index in [0.717, 1.165) is 6.42 Å². The molecule has 0 radical (unpaired) electrons. The van der Waals surface area contributed by atoms with Gasteiger partial charge in [0, 0.05) is 24.5 Å². The smallest absolute Gasteiger partial charge is 0.326 e. The molecule has 0 spiro atoms. The van der Waals surface area contributed by atoms with Crippen LogP contribution in [-0.2, 0) is 19.1 Å². The van der Waals surface area contributed by atoms with E-state index in [-0.39, 0.29) is 18.2 Å². The quantitative estimate of drug-likeness (QED) is 0.668. The molecule has 8 heteroatoms. The third kappa shape index (κ3) is 6.00. The monoisotopic (exact) mass is 382 g/mol. The molecule has 0 saturated carbocycles. The lowest BCUT2D eigenvalue weighted by molar-refractivity contribution is -0.145. The maximum Gasteiger partial charge on any atom is 0.326 e. The Morgan fingerprint density at radius 2 is 1.96 bits per heavy atom. The van der Waals surface area contributed by atoms with Gasteiger partial charge in [0.15, 0.2) is 0 Å². The highest BCUT2D eigenvalue weighted by molar-refractivity contribution is 6.30. The Balaban J connectivity index is 2.05. The molecule has 0 aliphatic carbocycles. The minimum Gasteiger partial charge on any atom is -0.480 e. The van der Waals surface area contributed by atoms with Gasteiger partial charge in [-0.3, -0.25) is 9.59 Å². The largest absolute Gasteiger partial charge is 0.480 e. The normalized spacial score (nSPS) is 19.2. The highest BCUT2D eigenvalue weighted by Crippen LogP contribution is 2.21. The molecule has 3 N–H and O–H groups in total. The Bertz CT molecular complexity index is 643. The first-order chi connectivity index (χ1) is 12.4. The van der Waals surface area contributed by atoms with Gasteiger partial charge in [0.05, 0.1) is 19.1 Å². The fourth-order valence-electron chi connectivity index (χ4n) is 3.02. The van der Waals surface area contributed by atoms with Crippen LogP contribution in [-0.4, -0.2) is 42.1 Å². The molecule has 1 aliphatic heterocycles. The fourth-order valence-corrected chi connectivity index (χ4v) is 3.15. The van der Waals surface area contributed by atoms with Crippen molar-refractivity contribution in [1.82, 2.24) is 10.6 Å². The zero-order chi connectivity index (χ0) is 19.1. The number of hydrogen-bond acceptors (Lipinski definition) is 4. The van der Waals surface area contributed by atoms with Crippen LogP contribution < -0.4 is 10.6 Å². The summed E-state index contributed by atoms with van der Waals surface area (Å²) in [6, 6.07) is 5.21. The average molecular weight is 383 g/mol. The summed E-state index contributed by atoms with van der Waals surface area (Å²) in [5.41, 5.74) is 0.715. The van der Waals surface area contributed by atoms with Crippen LogP contribution in [0.2, 0.25) is 5.02 Å². The second-order valence-corrected chi connectivity index (χ2v) is 6.81. The van der Waals surface area contributed by atoms with Crippen molar-refractivity contribution in [3.8, 4) is 0 Å². The zero-order valence-electron chi connectivity index (χ0n) is 14.5. The van der Waals surface area contributed by atoms with Crippen molar-refractivity contribution < 1.29 is 24.2 Å². The van der Waals surface area contributed by atoms with Crippen molar-refractivity contribution in [1.29, 1.82) is 0 Å². The lowest BCUT2D eigenvalue weighted by Gasteiger charge is -2.28. The number of benzene rings is 1. The highest BCUT2D eigenvalue weighted by Gasteiger charge is 2.32. The summed E-state index contributed by atoms with van der Waals surface area (Å²) >= 11 is 5.87. The predicted molar refractivity (Wildman–Crippen MR) is 95.7 cm³/mol. The Labute approximate surface area is 157 Å². The first-order valence-electron chi connectivity index (χ1n) is 8.49. The van der Waals surface area contributed by atoms with Gasteiger partial charge in [-0.05, 0) is 30.5 Å². The Morgan fingerprint density at radius 3 is 2.50 bits per heavy atom. The van der Waals surface area contributed by atoms with Crippen molar-refractivity contribution in [3.63, 3.8) is 0 Å². The van der Waals surface area contributed by atoms with E-state index >= 15 is 0 Å². The number of carboxylic acids is 1. The molecule has 1 heterocycles. The number of halogens is 1. The fraction of sp³-hybridized carbons (Fsp3) is 0.500. The zero-order valence-corrected chi connectivity index (χ0v) is 15.3. The minimum absolute atomic E-state index is 0.0709. The van der Waals surface area contributed by atoms with Crippen molar-refractivity contribution in [2.75, 3.05) is 13.2 Å². The number of ether oxygens (including phenoxy) is 1. The average Bonchev–Trinajstić information content (AvgIpc) is 2.60. The lowest BCUT2D eigenvalue weighted by Crippen LogP contribution is -2.49. The van der Waals surface area contributed by atoms with Gasteiger partial charge in [0.1, 0.15) is 6.04 Å². The molecule has 0 bridgehead atoms. The van der Waals surface area contributed by atoms with Gasteiger partial charge >= 0.3 is 5.97 Å². The predicted octanol–water partition coefficient (Wildman–Crippen LogP) is 1.90. The highest BCUT2D eigenvalue weighted by atomic mass is 35.5. The van der Waals surface area contributed by atoms with Crippen molar-refractivity contribution in [3.05, 3.63) is 34.9 Å². The third-order valence-electron chi connectivity index (χ3n) is 4.29. The van der Waals surface area contributed by atoms with Crippen LogP contribution >= 0.6 is 11.6 Å². The number of amides is 2. The number of hydrogen-bond donors (Lipinski definition) is 3. The van der Waals surface area contributed by atoms with Crippen LogP contribution in [0.1, 0.15) is 37.8 Å². The van der Waals surface area contributed by atoms with E-state index in [1.165, 1.54) is 6.92 Å². The molecule has 3 atom stereocenters. The van der Waals surface area contributed by atoms with Gasteiger partial charge in [-0.15, -0.1) is 0 Å². The van der Waals surface area contributed by atoms with Crippen LogP contribution in [0.4, 0.5) is 0 Å². The van der Waals surface area contributed by atoms with Gasteiger partial charge in [0.25, 0.3) is 0 Å². The Kier molecular flexibility index (Phi) is 7.41. The second-order valence-electron chi connectivity index (χ2n) is 6.37. The summed E-state index contributed by atoms with van der Waals surface area (Å²) in [6.07, 6.45) is 1.38. The van der Waals surface area contributed by atoms with Gasteiger partial charge in [0.2, 0.25) is 11.8 Å². The van der Waals surface area contributed by atoms with Crippen LogP contribution in [0.3, 0.4) is 0 Å². The molecule has 1 aromatic carbocycles. The number of carbonyl (C=O) groups excluding carboxylic acids is 2. The molecule has 1 saturated heterocycles. The molecule has 2 amide bonds. The van der Waals surface area contributed by atoms with Gasteiger partial charge in [-0.2, -0.15) is 0 Å². The maximum atomic E-state index is 12.4. The first kappa shape index (κ1) is 20.2. The van der Waals surface area contributed by atoms with E-state index in [1.54, 1.807) is 24.3 Å². The molecule has 142 valence electrons. The second kappa shape index (κ2) is 9.54. The van der Waals surface area contributed by atoms with E-state index in [0.29, 0.717) is 30.2 Å². The molecule has 2 rings (SSSR count). The van der Waals surface area contributed by atoms with Crippen molar-refractivity contribution >= 4 is 29.4 Å². The summed E-state index contributed by atoms with van der Waals surface area (Å²) in [7, 11) is 0. The number of carboxylic acid groups (broad SMARTS) is 1. The SMILES string of the molecule is CC(=O)NC(CC(=O)NC(C(=O)O)C1CCCOC1)c1ccc(Cl)cc1. The first-order valence-corrected chi connectivity index (χ1v) is 8.87. The van der Waals surface area contributed by atoms with Crippen LogP contribution in [0, 0.1) is 5.92 Å². The molecular weight excluding hydrogens is 360 g/mol. The summed E-state index contributed by atoms with van der Waals surface area (Å²) in [6.45, 7) is 2.28. The van der Waals surface area contributed by atoms with E-state index in [2.05, 4.69) is 10.6 Å². The Morgan fingerprint density at radius 1 is 1.27 bits per heavy atom. The maximum absolute atomic E-state index is 12.4. The number of rotatable bonds is 7. The molecule has 7 nitrogen and oxygen atoms in total. The minimum atomic E-state index is -1.09. The lowest BCUT2D eigenvalue weighted by atomic mass is 9.93. The van der Waals surface area contributed by atoms with Crippen LogP contribution in [0.15, 0.2) is 24.3 Å². The van der Waals surface area contributed by atoms with E-state index < -0.39 is 24.0 Å². The number of aliphatic carboxylic acids is 1. The van der Waals surface area contributed by atoms with Crippen molar-refractivity contribution in [2.45, 2.75) is 38.3 Å². The number of carbonyl (C=O) groups is 3. The van der Waals surface area contributed by atoms with E-state index in [1.807, 2.05) is 0 Å². The molecular formula is C18H23ClN2O5. The molecule has 1 fully saturated rings. The molecule has 26 heavy (non-hydrogen) atoms.